The summed E-state index contributed by atoms with van der Waals surface area (Å²) < 4.78 is 20.8. The lowest BCUT2D eigenvalue weighted by atomic mass is 10.1. The minimum atomic E-state index is 0.0817. The summed E-state index contributed by atoms with van der Waals surface area (Å²) in [5.41, 5.74) is 0. The van der Waals surface area contributed by atoms with Gasteiger partial charge in [-0.2, -0.15) is 0 Å². The monoisotopic (exact) mass is 316 g/mol. The van der Waals surface area contributed by atoms with Crippen molar-refractivity contribution in [2.24, 2.45) is 0 Å². The fraction of sp³-hybridized carbons (Fsp3) is 0.286. The van der Waals surface area contributed by atoms with Crippen molar-refractivity contribution >= 4 is 34.0 Å². The lowest BCUT2D eigenvalue weighted by Gasteiger charge is -2.16. The molecule has 0 N–H and O–H groups in total. The predicted octanol–water partition coefficient (Wildman–Crippen LogP) is 4.11. The van der Waals surface area contributed by atoms with Gasteiger partial charge in [-0.05, 0) is 0 Å². The van der Waals surface area contributed by atoms with E-state index in [-0.39, 0.29) is 23.6 Å². The summed E-state index contributed by atoms with van der Waals surface area (Å²) in [4.78, 5) is 0. The zero-order valence-electron chi connectivity index (χ0n) is 11.1. The molecule has 20 heavy (non-hydrogen) atoms. The maximum absolute atomic E-state index is 6.26. The summed E-state index contributed by atoms with van der Waals surface area (Å²) in [7, 11) is 3.07. The summed E-state index contributed by atoms with van der Waals surface area (Å²) >= 11 is 12.5. The summed E-state index contributed by atoms with van der Waals surface area (Å²) in [5, 5.41) is 2.16. The minimum Gasteiger partial charge on any atom is -0.465 e. The Morgan fingerprint density at radius 2 is 1.20 bits per heavy atom. The van der Waals surface area contributed by atoms with Crippen LogP contribution in [-0.4, -0.2) is 27.8 Å². The van der Waals surface area contributed by atoms with Crippen LogP contribution >= 0.6 is 23.2 Å². The molecule has 6 heteroatoms. The van der Waals surface area contributed by atoms with Crippen molar-refractivity contribution in [3.8, 4) is 11.5 Å². The van der Waals surface area contributed by atoms with Crippen molar-refractivity contribution < 1.29 is 18.9 Å². The van der Waals surface area contributed by atoms with Crippen LogP contribution in [0.5, 0.6) is 11.5 Å². The van der Waals surface area contributed by atoms with Gasteiger partial charge in [-0.15, -0.1) is 0 Å². The molecule has 0 amide bonds. The topological polar surface area (TPSA) is 36.9 Å². The molecule has 0 heterocycles. The molecule has 0 bridgehead atoms. The van der Waals surface area contributed by atoms with Crippen LogP contribution in [0.4, 0.5) is 0 Å². The third kappa shape index (κ3) is 2.94. The van der Waals surface area contributed by atoms with E-state index in [2.05, 4.69) is 0 Å². The van der Waals surface area contributed by atoms with Crippen molar-refractivity contribution in [2.75, 3.05) is 27.8 Å². The highest BCUT2D eigenvalue weighted by Crippen LogP contribution is 2.46. The Balaban J connectivity index is 2.61. The molecule has 2 aromatic rings. The van der Waals surface area contributed by atoms with Crippen LogP contribution in [-0.2, 0) is 9.47 Å². The third-order valence-corrected chi connectivity index (χ3v) is 3.47. The van der Waals surface area contributed by atoms with Gasteiger partial charge in [0.05, 0.1) is 0 Å². The molecule has 0 radical (unpaired) electrons. The number of methoxy groups -OCH3 is 2. The van der Waals surface area contributed by atoms with Gasteiger partial charge in [-0.1, -0.05) is 47.5 Å². The molecule has 0 saturated heterocycles. The highest BCUT2D eigenvalue weighted by molar-refractivity contribution is 6.45. The molecular formula is C14H14Cl2O4. The minimum absolute atomic E-state index is 0.0817. The normalized spacial score (nSPS) is 10.8. The number of benzene rings is 2. The molecule has 4 nitrogen and oxygen atoms in total. The van der Waals surface area contributed by atoms with Crippen molar-refractivity contribution in [3.63, 3.8) is 0 Å². The Morgan fingerprint density at radius 3 is 1.55 bits per heavy atom. The first kappa shape index (κ1) is 15.2. The predicted molar refractivity (Wildman–Crippen MR) is 79.0 cm³/mol. The molecule has 0 spiro atoms. The number of hydrogen-bond donors (Lipinski definition) is 0. The molecule has 0 atom stereocenters. The smallest absolute Gasteiger partial charge is 0.188 e. The quantitative estimate of drug-likeness (QED) is 0.751. The standard InChI is InChI=1S/C14H14Cl2O4/c1-17-7-19-13-9-5-3-4-6-10(9)14(20-8-18-2)12(16)11(13)15/h3-6H,7-8H2,1-2H3. The molecule has 0 fully saturated rings. The van der Waals surface area contributed by atoms with E-state index >= 15 is 0 Å². The van der Waals surface area contributed by atoms with Crippen LogP contribution < -0.4 is 9.47 Å². The maximum Gasteiger partial charge on any atom is 0.188 e. The fourth-order valence-corrected chi connectivity index (χ4v) is 2.32. The van der Waals surface area contributed by atoms with Crippen LogP contribution in [0.3, 0.4) is 0 Å². The molecule has 2 aromatic carbocycles. The lowest BCUT2D eigenvalue weighted by Crippen LogP contribution is -2.03. The highest BCUT2D eigenvalue weighted by Gasteiger charge is 2.19. The van der Waals surface area contributed by atoms with E-state index < -0.39 is 0 Å². The van der Waals surface area contributed by atoms with E-state index in [9.17, 15) is 0 Å². The van der Waals surface area contributed by atoms with E-state index in [0.29, 0.717) is 11.5 Å². The second-order valence-electron chi connectivity index (χ2n) is 3.93. The second-order valence-corrected chi connectivity index (χ2v) is 4.69. The van der Waals surface area contributed by atoms with Gasteiger partial charge in [-0.25, -0.2) is 0 Å². The highest BCUT2D eigenvalue weighted by atomic mass is 35.5. The van der Waals surface area contributed by atoms with Gasteiger partial charge < -0.3 is 18.9 Å². The summed E-state index contributed by atoms with van der Waals surface area (Å²) in [6.45, 7) is 0.163. The SMILES string of the molecule is COCOc1c(Cl)c(Cl)c(OCOC)c2ccccc12. The zero-order valence-corrected chi connectivity index (χ0v) is 12.6. The first-order chi connectivity index (χ1) is 9.70. The first-order valence-corrected chi connectivity index (χ1v) is 6.59. The fourth-order valence-electron chi connectivity index (χ4n) is 1.83. The van der Waals surface area contributed by atoms with Crippen LogP contribution in [0.2, 0.25) is 10.0 Å². The van der Waals surface area contributed by atoms with E-state index in [1.807, 2.05) is 24.3 Å². The molecule has 0 saturated carbocycles. The average molecular weight is 317 g/mol. The Morgan fingerprint density at radius 1 is 0.800 bits per heavy atom. The van der Waals surface area contributed by atoms with E-state index in [4.69, 9.17) is 42.1 Å². The maximum atomic E-state index is 6.26. The average Bonchev–Trinajstić information content (AvgIpc) is 2.47. The third-order valence-electron chi connectivity index (χ3n) is 2.65. The number of halogens is 2. The van der Waals surface area contributed by atoms with E-state index in [0.717, 1.165) is 10.8 Å². The van der Waals surface area contributed by atoms with Crippen LogP contribution in [0.25, 0.3) is 10.8 Å². The Hall–Kier alpha value is -1.20. The zero-order chi connectivity index (χ0) is 14.5. The van der Waals surface area contributed by atoms with Gasteiger partial charge in [-0.3, -0.25) is 0 Å². The van der Waals surface area contributed by atoms with Crippen molar-refractivity contribution in [2.45, 2.75) is 0 Å². The van der Waals surface area contributed by atoms with Crippen LogP contribution in [0.15, 0.2) is 24.3 Å². The molecule has 0 aliphatic rings. The van der Waals surface area contributed by atoms with Gasteiger partial charge in [0.2, 0.25) is 0 Å². The molecule has 2 rings (SSSR count). The van der Waals surface area contributed by atoms with Gasteiger partial charge in [0, 0.05) is 25.0 Å². The Labute approximate surface area is 127 Å². The van der Waals surface area contributed by atoms with Gasteiger partial charge >= 0.3 is 0 Å². The lowest BCUT2D eigenvalue weighted by molar-refractivity contribution is 0.0501. The van der Waals surface area contributed by atoms with Crippen LogP contribution in [0.1, 0.15) is 0 Å². The molecule has 0 aliphatic heterocycles. The van der Waals surface area contributed by atoms with Crippen molar-refractivity contribution in [1.82, 2.24) is 0 Å². The number of hydrogen-bond acceptors (Lipinski definition) is 4. The van der Waals surface area contributed by atoms with E-state index in [1.165, 1.54) is 14.2 Å². The Kier molecular flexibility index (Phi) is 5.31. The molecule has 0 aliphatic carbocycles. The van der Waals surface area contributed by atoms with Gasteiger partial charge in [0.1, 0.15) is 10.0 Å². The number of fused-ring (bicyclic) bond motifs is 1. The first-order valence-electron chi connectivity index (χ1n) is 5.83. The summed E-state index contributed by atoms with van der Waals surface area (Å²) in [6.07, 6.45) is 0. The van der Waals surface area contributed by atoms with Crippen molar-refractivity contribution in [3.05, 3.63) is 34.3 Å². The van der Waals surface area contributed by atoms with Crippen LogP contribution in [0, 0.1) is 0 Å². The Bertz CT molecular complexity index is 549. The van der Waals surface area contributed by atoms with Gasteiger partial charge in [0.25, 0.3) is 0 Å². The molecule has 108 valence electrons. The molecular weight excluding hydrogens is 303 g/mol. The number of ether oxygens (including phenoxy) is 4. The molecule has 0 unspecified atom stereocenters. The summed E-state index contributed by atoms with van der Waals surface area (Å²) in [6, 6.07) is 7.52. The van der Waals surface area contributed by atoms with Gasteiger partial charge in [0.15, 0.2) is 25.1 Å². The summed E-state index contributed by atoms with van der Waals surface area (Å²) in [5.74, 6) is 0.942. The van der Waals surface area contributed by atoms with Crippen molar-refractivity contribution in [1.29, 1.82) is 0 Å². The largest absolute Gasteiger partial charge is 0.465 e. The van der Waals surface area contributed by atoms with E-state index in [1.54, 1.807) is 0 Å². The molecule has 0 aromatic heterocycles. The second kappa shape index (κ2) is 6.99. The number of rotatable bonds is 6.